The van der Waals surface area contributed by atoms with Crippen LogP contribution in [0.15, 0.2) is 85.2 Å². The smallest absolute Gasteiger partial charge is 0.328 e. The molecule has 0 aliphatic heterocycles. The molecule has 2 N–H and O–H groups in total. The number of carbonyl (C=O) groups is 2. The van der Waals surface area contributed by atoms with Gasteiger partial charge in [0.15, 0.2) is 0 Å². The Morgan fingerprint density at radius 3 is 2.55 bits per heavy atom. The molecule has 0 aliphatic carbocycles. The Bertz CT molecular complexity index is 1260. The number of carboxylic acid groups (broad SMARTS) is 1. The van der Waals surface area contributed by atoms with E-state index in [-0.39, 0.29) is 12.3 Å². The van der Waals surface area contributed by atoms with Crippen LogP contribution >= 0.6 is 0 Å². The first-order chi connectivity index (χ1) is 15.1. The largest absolute Gasteiger partial charge is 0.478 e. The molecule has 31 heavy (non-hydrogen) atoms. The van der Waals surface area contributed by atoms with E-state index in [9.17, 15) is 9.59 Å². The second-order valence-electron chi connectivity index (χ2n) is 7.20. The van der Waals surface area contributed by atoms with E-state index in [2.05, 4.69) is 10.4 Å². The minimum absolute atomic E-state index is 0.170. The number of carboxylic acids is 1. The second-order valence-corrected chi connectivity index (χ2v) is 7.20. The highest BCUT2D eigenvalue weighted by Crippen LogP contribution is 2.22. The molecule has 3 aromatic carbocycles. The maximum Gasteiger partial charge on any atom is 0.328 e. The fraction of sp³-hybridized carbons (Fsp3) is 0.0800. The maximum atomic E-state index is 12.8. The first kappa shape index (κ1) is 20.1. The fourth-order valence-electron chi connectivity index (χ4n) is 3.43. The molecular weight excluding hydrogens is 390 g/mol. The molecule has 0 fully saturated rings. The Kier molecular flexibility index (Phi) is 5.89. The Balaban J connectivity index is 1.55. The Morgan fingerprint density at radius 2 is 1.77 bits per heavy atom. The lowest BCUT2D eigenvalue weighted by Crippen LogP contribution is -2.15. The average Bonchev–Trinajstić information content (AvgIpc) is 3.26. The summed E-state index contributed by atoms with van der Waals surface area (Å²) in [5.41, 5.74) is 3.04. The predicted molar refractivity (Wildman–Crippen MR) is 121 cm³/mol. The third kappa shape index (κ3) is 5.25. The second kappa shape index (κ2) is 9.09. The van der Waals surface area contributed by atoms with Crippen LogP contribution in [0.25, 0.3) is 16.8 Å². The van der Waals surface area contributed by atoms with E-state index in [1.807, 2.05) is 66.9 Å². The van der Waals surface area contributed by atoms with Gasteiger partial charge in [-0.3, -0.25) is 9.48 Å². The average molecular weight is 411 g/mol. The number of nitrogens with one attached hydrogen (secondary N) is 1. The van der Waals surface area contributed by atoms with Gasteiger partial charge >= 0.3 is 5.97 Å². The highest BCUT2D eigenvalue weighted by atomic mass is 16.4. The van der Waals surface area contributed by atoms with Crippen molar-refractivity contribution in [3.63, 3.8) is 0 Å². The van der Waals surface area contributed by atoms with Crippen LogP contribution < -0.4 is 5.32 Å². The van der Waals surface area contributed by atoms with Crippen LogP contribution in [0, 0.1) is 0 Å². The molecule has 0 saturated carbocycles. The molecule has 1 heterocycles. The van der Waals surface area contributed by atoms with Gasteiger partial charge in [-0.25, -0.2) is 4.79 Å². The van der Waals surface area contributed by atoms with Gasteiger partial charge in [-0.05, 0) is 45.7 Å². The third-order valence-corrected chi connectivity index (χ3v) is 4.88. The van der Waals surface area contributed by atoms with Crippen LogP contribution in [-0.4, -0.2) is 26.8 Å². The standard InChI is InChI=1S/C25H21N3O3/c29-24(16-18-6-8-20-4-1-2-5-22(20)14-18)27-23-15-19(17-28-13-3-12-26-28)7-9-21(23)10-11-25(30)31/h1-15H,16-17H2,(H,27,29)(H,30,31). The summed E-state index contributed by atoms with van der Waals surface area (Å²) in [6.45, 7) is 0.545. The Hall–Kier alpha value is -4.19. The highest BCUT2D eigenvalue weighted by molar-refractivity contribution is 5.96. The van der Waals surface area contributed by atoms with Gasteiger partial charge in [0.25, 0.3) is 0 Å². The van der Waals surface area contributed by atoms with E-state index in [1.165, 1.54) is 6.08 Å². The molecular formula is C25H21N3O3. The number of carbonyl (C=O) groups excluding carboxylic acids is 1. The van der Waals surface area contributed by atoms with Gasteiger partial charge in [0.1, 0.15) is 0 Å². The van der Waals surface area contributed by atoms with E-state index in [1.54, 1.807) is 16.9 Å². The lowest BCUT2D eigenvalue weighted by atomic mass is 10.0. The Labute approximate surface area is 179 Å². The summed E-state index contributed by atoms with van der Waals surface area (Å²) in [5.74, 6) is -1.22. The van der Waals surface area contributed by atoms with Gasteiger partial charge < -0.3 is 10.4 Å². The molecule has 0 radical (unpaired) electrons. The molecule has 0 saturated heterocycles. The number of aliphatic carboxylic acids is 1. The number of benzene rings is 3. The first-order valence-electron chi connectivity index (χ1n) is 9.86. The van der Waals surface area contributed by atoms with Crippen molar-refractivity contribution >= 4 is 34.4 Å². The predicted octanol–water partition coefficient (Wildman–Crippen LogP) is 4.36. The van der Waals surface area contributed by atoms with Gasteiger partial charge in [-0.15, -0.1) is 0 Å². The molecule has 6 heteroatoms. The van der Waals surface area contributed by atoms with Gasteiger partial charge in [-0.2, -0.15) is 5.10 Å². The van der Waals surface area contributed by atoms with E-state index in [0.29, 0.717) is 17.8 Å². The monoisotopic (exact) mass is 411 g/mol. The zero-order valence-electron chi connectivity index (χ0n) is 16.7. The van der Waals surface area contributed by atoms with Crippen LogP contribution in [0.4, 0.5) is 5.69 Å². The normalized spacial score (nSPS) is 11.1. The summed E-state index contributed by atoms with van der Waals surface area (Å²) in [6, 6.07) is 21.3. The zero-order chi connectivity index (χ0) is 21.6. The quantitative estimate of drug-likeness (QED) is 0.443. The molecule has 4 aromatic rings. The number of anilines is 1. The van der Waals surface area contributed by atoms with Crippen molar-refractivity contribution in [1.29, 1.82) is 0 Å². The molecule has 4 rings (SSSR count). The number of fused-ring (bicyclic) bond motifs is 1. The molecule has 0 atom stereocenters. The number of hydrogen-bond acceptors (Lipinski definition) is 3. The van der Waals surface area contributed by atoms with E-state index >= 15 is 0 Å². The van der Waals surface area contributed by atoms with Crippen molar-refractivity contribution in [3.05, 3.63) is 102 Å². The number of hydrogen-bond donors (Lipinski definition) is 2. The van der Waals surface area contributed by atoms with Crippen molar-refractivity contribution in [2.24, 2.45) is 0 Å². The van der Waals surface area contributed by atoms with Crippen molar-refractivity contribution in [2.75, 3.05) is 5.32 Å². The summed E-state index contributed by atoms with van der Waals surface area (Å²) in [7, 11) is 0. The van der Waals surface area contributed by atoms with Crippen LogP contribution in [0.3, 0.4) is 0 Å². The number of amides is 1. The fourth-order valence-corrected chi connectivity index (χ4v) is 3.43. The maximum absolute atomic E-state index is 12.8. The molecule has 0 bridgehead atoms. The van der Waals surface area contributed by atoms with Crippen molar-refractivity contribution < 1.29 is 14.7 Å². The summed E-state index contributed by atoms with van der Waals surface area (Å²) in [6.07, 6.45) is 6.32. The van der Waals surface area contributed by atoms with Crippen molar-refractivity contribution in [1.82, 2.24) is 9.78 Å². The molecule has 6 nitrogen and oxygen atoms in total. The SMILES string of the molecule is O=C(O)C=Cc1ccc(Cn2cccn2)cc1NC(=O)Cc1ccc2ccccc2c1. The molecule has 0 spiro atoms. The van der Waals surface area contributed by atoms with E-state index < -0.39 is 5.97 Å². The van der Waals surface area contributed by atoms with Gasteiger partial charge in [0, 0.05) is 24.2 Å². The van der Waals surface area contributed by atoms with Gasteiger partial charge in [0.05, 0.1) is 13.0 Å². The first-order valence-corrected chi connectivity index (χ1v) is 9.86. The lowest BCUT2D eigenvalue weighted by Gasteiger charge is -2.12. The topological polar surface area (TPSA) is 84.2 Å². The molecule has 0 unspecified atom stereocenters. The summed E-state index contributed by atoms with van der Waals surface area (Å²) in [5, 5.41) is 18.3. The van der Waals surface area contributed by atoms with Crippen LogP contribution in [-0.2, 0) is 22.6 Å². The molecule has 1 amide bonds. The number of rotatable bonds is 7. The third-order valence-electron chi connectivity index (χ3n) is 4.88. The summed E-state index contributed by atoms with van der Waals surface area (Å²) in [4.78, 5) is 23.7. The van der Waals surface area contributed by atoms with Crippen molar-refractivity contribution in [2.45, 2.75) is 13.0 Å². The lowest BCUT2D eigenvalue weighted by molar-refractivity contribution is -0.131. The summed E-state index contributed by atoms with van der Waals surface area (Å²) >= 11 is 0. The van der Waals surface area contributed by atoms with Crippen molar-refractivity contribution in [3.8, 4) is 0 Å². The molecule has 1 aromatic heterocycles. The van der Waals surface area contributed by atoms with Crippen LogP contribution in [0.5, 0.6) is 0 Å². The highest BCUT2D eigenvalue weighted by Gasteiger charge is 2.09. The minimum Gasteiger partial charge on any atom is -0.478 e. The number of aromatic nitrogens is 2. The zero-order valence-corrected chi connectivity index (χ0v) is 16.7. The van der Waals surface area contributed by atoms with Gasteiger partial charge in [0.2, 0.25) is 5.91 Å². The van der Waals surface area contributed by atoms with Gasteiger partial charge in [-0.1, -0.05) is 54.6 Å². The minimum atomic E-state index is -1.05. The number of nitrogens with zero attached hydrogens (tertiary/aromatic N) is 2. The molecule has 0 aliphatic rings. The Morgan fingerprint density at radius 1 is 0.968 bits per heavy atom. The van der Waals surface area contributed by atoms with Crippen LogP contribution in [0.2, 0.25) is 0 Å². The van der Waals surface area contributed by atoms with E-state index in [4.69, 9.17) is 5.11 Å². The van der Waals surface area contributed by atoms with E-state index in [0.717, 1.165) is 28.0 Å². The van der Waals surface area contributed by atoms with Crippen LogP contribution in [0.1, 0.15) is 16.7 Å². The molecule has 154 valence electrons. The summed E-state index contributed by atoms with van der Waals surface area (Å²) < 4.78 is 1.78.